The van der Waals surface area contributed by atoms with Crippen LogP contribution in [0.4, 0.5) is 10.1 Å². The van der Waals surface area contributed by atoms with Gasteiger partial charge in [0.25, 0.3) is 0 Å². The highest BCUT2D eigenvalue weighted by atomic mass is 35.5. The van der Waals surface area contributed by atoms with E-state index in [1.54, 1.807) is 24.3 Å². The van der Waals surface area contributed by atoms with Crippen LogP contribution in [0.3, 0.4) is 0 Å². The number of para-hydroxylation sites is 1. The summed E-state index contributed by atoms with van der Waals surface area (Å²) in [5.41, 5.74) is 0.609. The second-order valence-electron chi connectivity index (χ2n) is 5.42. The Morgan fingerprint density at radius 1 is 1.21 bits per heavy atom. The minimum atomic E-state index is -0.286. The zero-order valence-corrected chi connectivity index (χ0v) is 14.2. The molecule has 0 aromatic heterocycles. The monoisotopic (exact) mass is 350 g/mol. The van der Waals surface area contributed by atoms with Gasteiger partial charge < -0.3 is 10.1 Å². The van der Waals surface area contributed by atoms with Gasteiger partial charge in [-0.05, 0) is 49.9 Å². The number of hydrogen-bond acceptors (Lipinski definition) is 3. The maximum Gasteiger partial charge on any atom is 0.238 e. The van der Waals surface area contributed by atoms with E-state index in [-0.39, 0.29) is 18.3 Å². The normalized spacial score (nSPS) is 10.7. The molecule has 0 saturated heterocycles. The molecule has 1 N–H and O–H groups in total. The molecular weight excluding hydrogens is 331 g/mol. The fourth-order valence-electron chi connectivity index (χ4n) is 2.13. The molecule has 0 spiro atoms. The Morgan fingerprint density at radius 2 is 1.92 bits per heavy atom. The molecule has 0 saturated carbocycles. The zero-order valence-electron chi connectivity index (χ0n) is 13.5. The molecule has 0 atom stereocenters. The molecule has 6 heteroatoms. The predicted octanol–water partition coefficient (Wildman–Crippen LogP) is 3.82. The van der Waals surface area contributed by atoms with Crippen molar-refractivity contribution in [3.63, 3.8) is 0 Å². The number of hydrogen-bond donors (Lipinski definition) is 1. The first-order valence-electron chi connectivity index (χ1n) is 7.66. The van der Waals surface area contributed by atoms with E-state index in [4.69, 9.17) is 16.3 Å². The first kappa shape index (κ1) is 18.2. The standard InChI is InChI=1S/C18H20ClFN2O2/c1-22(11-4-12-24-15-9-7-14(20)8-10-15)13-18(23)21-17-6-3-2-5-16(17)19/h2-3,5-10H,4,11-13H2,1H3,(H,21,23). The highest BCUT2D eigenvalue weighted by Gasteiger charge is 2.08. The van der Waals surface area contributed by atoms with Gasteiger partial charge in [-0.1, -0.05) is 23.7 Å². The molecule has 0 unspecified atom stereocenters. The molecule has 2 aromatic carbocycles. The van der Waals surface area contributed by atoms with Gasteiger partial charge in [-0.3, -0.25) is 9.69 Å². The third kappa shape index (κ3) is 6.18. The fourth-order valence-corrected chi connectivity index (χ4v) is 2.31. The molecule has 0 fully saturated rings. The number of ether oxygens (including phenoxy) is 1. The van der Waals surface area contributed by atoms with Crippen LogP contribution in [0.1, 0.15) is 6.42 Å². The van der Waals surface area contributed by atoms with Crippen LogP contribution in [0.5, 0.6) is 5.75 Å². The molecule has 0 aliphatic carbocycles. The third-order valence-corrected chi connectivity index (χ3v) is 3.66. The molecule has 128 valence electrons. The van der Waals surface area contributed by atoms with E-state index in [1.807, 2.05) is 24.1 Å². The Hall–Kier alpha value is -2.11. The Bertz CT molecular complexity index is 664. The van der Waals surface area contributed by atoms with Crippen LogP contribution in [-0.2, 0) is 4.79 Å². The number of anilines is 1. The number of likely N-dealkylation sites (N-methyl/N-ethyl adjacent to an activating group) is 1. The lowest BCUT2D eigenvalue weighted by Gasteiger charge is -2.16. The van der Waals surface area contributed by atoms with Gasteiger partial charge in [-0.25, -0.2) is 4.39 Å². The molecule has 4 nitrogen and oxygen atoms in total. The summed E-state index contributed by atoms with van der Waals surface area (Å²) in [5, 5.41) is 3.30. The van der Waals surface area contributed by atoms with Crippen molar-refractivity contribution < 1.29 is 13.9 Å². The summed E-state index contributed by atoms with van der Waals surface area (Å²) in [7, 11) is 1.87. The molecule has 0 radical (unpaired) electrons. The lowest BCUT2D eigenvalue weighted by atomic mass is 10.3. The summed E-state index contributed by atoms with van der Waals surface area (Å²) in [5.74, 6) is 0.229. The fraction of sp³-hybridized carbons (Fsp3) is 0.278. The van der Waals surface area contributed by atoms with Gasteiger partial charge in [0.05, 0.1) is 23.9 Å². The number of carbonyl (C=O) groups is 1. The van der Waals surface area contributed by atoms with Crippen LogP contribution in [0.25, 0.3) is 0 Å². The SMILES string of the molecule is CN(CCCOc1ccc(F)cc1)CC(=O)Nc1ccccc1Cl. The van der Waals surface area contributed by atoms with Crippen LogP contribution in [-0.4, -0.2) is 37.6 Å². The van der Waals surface area contributed by atoms with Crippen molar-refractivity contribution in [1.82, 2.24) is 4.90 Å². The number of nitrogens with zero attached hydrogens (tertiary/aromatic N) is 1. The number of rotatable bonds is 8. The minimum Gasteiger partial charge on any atom is -0.494 e. The second-order valence-corrected chi connectivity index (χ2v) is 5.83. The zero-order chi connectivity index (χ0) is 17.4. The highest BCUT2D eigenvalue weighted by molar-refractivity contribution is 6.33. The van der Waals surface area contributed by atoms with Crippen LogP contribution >= 0.6 is 11.6 Å². The molecule has 2 aromatic rings. The topological polar surface area (TPSA) is 41.6 Å². The third-order valence-electron chi connectivity index (χ3n) is 3.33. The second kappa shape index (κ2) is 9.25. The molecule has 24 heavy (non-hydrogen) atoms. The maximum atomic E-state index is 12.8. The molecular formula is C18H20ClFN2O2. The Labute approximate surface area is 146 Å². The average Bonchev–Trinajstić information content (AvgIpc) is 2.55. The van der Waals surface area contributed by atoms with Crippen molar-refractivity contribution in [1.29, 1.82) is 0 Å². The molecule has 0 aliphatic heterocycles. The molecule has 2 rings (SSSR count). The van der Waals surface area contributed by atoms with Gasteiger partial charge in [0.2, 0.25) is 5.91 Å². The van der Waals surface area contributed by atoms with Crippen LogP contribution in [0.15, 0.2) is 48.5 Å². The smallest absolute Gasteiger partial charge is 0.238 e. The summed E-state index contributed by atoms with van der Waals surface area (Å²) in [6.45, 7) is 1.47. The summed E-state index contributed by atoms with van der Waals surface area (Å²) in [6, 6.07) is 13.0. The van der Waals surface area contributed by atoms with E-state index in [9.17, 15) is 9.18 Å². The predicted molar refractivity (Wildman–Crippen MR) is 94.1 cm³/mol. The summed E-state index contributed by atoms with van der Waals surface area (Å²) in [4.78, 5) is 13.9. The van der Waals surface area contributed by atoms with Gasteiger partial charge in [0.1, 0.15) is 11.6 Å². The summed E-state index contributed by atoms with van der Waals surface area (Å²) >= 11 is 6.01. The number of carbonyl (C=O) groups excluding carboxylic acids is 1. The quantitative estimate of drug-likeness (QED) is 0.736. The Kier molecular flexibility index (Phi) is 7.03. The molecule has 0 aliphatic rings. The first-order chi connectivity index (χ1) is 11.5. The minimum absolute atomic E-state index is 0.120. The largest absolute Gasteiger partial charge is 0.494 e. The van der Waals surface area contributed by atoms with Crippen LogP contribution in [0.2, 0.25) is 5.02 Å². The number of benzene rings is 2. The van der Waals surface area contributed by atoms with Gasteiger partial charge >= 0.3 is 0 Å². The Morgan fingerprint density at radius 3 is 2.62 bits per heavy atom. The van der Waals surface area contributed by atoms with Gasteiger partial charge in [0, 0.05) is 6.54 Å². The molecule has 0 heterocycles. The van der Waals surface area contributed by atoms with Crippen molar-refractivity contribution in [2.75, 3.05) is 32.1 Å². The van der Waals surface area contributed by atoms with Gasteiger partial charge in [0.15, 0.2) is 0 Å². The molecule has 0 bridgehead atoms. The first-order valence-corrected chi connectivity index (χ1v) is 8.03. The van der Waals surface area contributed by atoms with E-state index in [0.29, 0.717) is 29.6 Å². The van der Waals surface area contributed by atoms with Crippen molar-refractivity contribution in [2.24, 2.45) is 0 Å². The number of halogens is 2. The number of amides is 1. The van der Waals surface area contributed by atoms with Crippen molar-refractivity contribution in [3.8, 4) is 5.75 Å². The maximum absolute atomic E-state index is 12.8. The summed E-state index contributed by atoms with van der Waals surface area (Å²) < 4.78 is 18.3. The average molecular weight is 351 g/mol. The van der Waals surface area contributed by atoms with E-state index in [2.05, 4.69) is 5.32 Å². The number of nitrogens with one attached hydrogen (secondary N) is 1. The van der Waals surface area contributed by atoms with Crippen LogP contribution in [0, 0.1) is 5.82 Å². The van der Waals surface area contributed by atoms with Gasteiger partial charge in [-0.2, -0.15) is 0 Å². The lowest BCUT2D eigenvalue weighted by molar-refractivity contribution is -0.117. The van der Waals surface area contributed by atoms with E-state index < -0.39 is 0 Å². The lowest BCUT2D eigenvalue weighted by Crippen LogP contribution is -2.31. The van der Waals surface area contributed by atoms with Crippen molar-refractivity contribution in [3.05, 3.63) is 59.4 Å². The van der Waals surface area contributed by atoms with E-state index in [1.165, 1.54) is 12.1 Å². The van der Waals surface area contributed by atoms with Crippen molar-refractivity contribution in [2.45, 2.75) is 6.42 Å². The van der Waals surface area contributed by atoms with E-state index >= 15 is 0 Å². The van der Waals surface area contributed by atoms with E-state index in [0.717, 1.165) is 6.42 Å². The highest BCUT2D eigenvalue weighted by Crippen LogP contribution is 2.20. The van der Waals surface area contributed by atoms with Crippen LogP contribution < -0.4 is 10.1 Å². The Balaban J connectivity index is 1.65. The van der Waals surface area contributed by atoms with Crippen molar-refractivity contribution >= 4 is 23.2 Å². The van der Waals surface area contributed by atoms with Gasteiger partial charge in [-0.15, -0.1) is 0 Å². The molecule has 1 amide bonds. The summed E-state index contributed by atoms with van der Waals surface area (Å²) in [6.07, 6.45) is 0.757.